The van der Waals surface area contributed by atoms with Gasteiger partial charge in [0.2, 0.25) is 10.0 Å². The number of carbonyl (C=O) groups excluding carboxylic acids is 1. The van der Waals surface area contributed by atoms with Gasteiger partial charge in [-0.2, -0.15) is 4.31 Å². The van der Waals surface area contributed by atoms with E-state index < -0.39 is 26.6 Å². The molecule has 1 aliphatic rings. The Hall–Kier alpha value is -1.84. The lowest BCUT2D eigenvalue weighted by Gasteiger charge is -2.33. The highest BCUT2D eigenvalue weighted by atomic mass is 32.2. The molecule has 27 heavy (non-hydrogen) atoms. The van der Waals surface area contributed by atoms with Crippen molar-refractivity contribution in [3.05, 3.63) is 51.2 Å². The highest BCUT2D eigenvalue weighted by Gasteiger charge is 2.32. The second-order valence-corrected chi connectivity index (χ2v) is 9.48. The lowest BCUT2D eigenvalue weighted by molar-refractivity contribution is 0.0702. The van der Waals surface area contributed by atoms with Crippen LogP contribution in [0.5, 0.6) is 0 Å². The molecular formula is C18H20F2N2O3S2. The number of sulfonamides is 1. The van der Waals surface area contributed by atoms with Crippen molar-refractivity contribution in [2.75, 3.05) is 26.2 Å². The van der Waals surface area contributed by atoms with Gasteiger partial charge in [0.05, 0.1) is 4.88 Å². The Bertz CT molecular complexity index is 965. The minimum absolute atomic E-state index is 0.0654. The molecule has 3 rings (SSSR count). The van der Waals surface area contributed by atoms with E-state index in [2.05, 4.69) is 0 Å². The molecule has 0 unspecified atom stereocenters. The third-order valence-electron chi connectivity index (χ3n) is 4.65. The van der Waals surface area contributed by atoms with Crippen LogP contribution in [0.25, 0.3) is 0 Å². The van der Waals surface area contributed by atoms with Gasteiger partial charge < -0.3 is 4.90 Å². The molecule has 2 heterocycles. The Morgan fingerprint density at radius 1 is 1.15 bits per heavy atom. The number of carbonyl (C=O) groups is 1. The van der Waals surface area contributed by atoms with Crippen molar-refractivity contribution in [3.8, 4) is 0 Å². The first kappa shape index (κ1) is 19.9. The van der Waals surface area contributed by atoms with E-state index in [1.165, 1.54) is 11.3 Å². The predicted molar refractivity (Wildman–Crippen MR) is 99.5 cm³/mol. The Labute approximate surface area is 161 Å². The van der Waals surface area contributed by atoms with Gasteiger partial charge in [-0.15, -0.1) is 11.3 Å². The number of hydrogen-bond donors (Lipinski definition) is 0. The van der Waals surface area contributed by atoms with Crippen LogP contribution in [0.2, 0.25) is 0 Å². The van der Waals surface area contributed by atoms with Crippen molar-refractivity contribution < 1.29 is 22.0 Å². The fourth-order valence-electron chi connectivity index (χ4n) is 3.09. The van der Waals surface area contributed by atoms with Gasteiger partial charge in [-0.3, -0.25) is 4.79 Å². The van der Waals surface area contributed by atoms with Crippen LogP contribution in [-0.2, 0) is 16.4 Å². The van der Waals surface area contributed by atoms with Gasteiger partial charge in [0.25, 0.3) is 5.91 Å². The molecule has 1 aromatic carbocycles. The molecule has 1 saturated heterocycles. The second-order valence-electron chi connectivity index (χ2n) is 6.32. The van der Waals surface area contributed by atoms with Crippen molar-refractivity contribution in [3.63, 3.8) is 0 Å². The molecule has 1 amide bonds. The molecule has 0 saturated carbocycles. The molecule has 2 aromatic rings. The molecule has 0 spiro atoms. The first-order chi connectivity index (χ1) is 12.7. The van der Waals surface area contributed by atoms with E-state index in [1.54, 1.807) is 4.90 Å². The molecule has 146 valence electrons. The summed E-state index contributed by atoms with van der Waals surface area (Å²) in [5, 5.41) is 0. The first-order valence-electron chi connectivity index (χ1n) is 8.57. The number of benzene rings is 1. The minimum atomic E-state index is -4.07. The summed E-state index contributed by atoms with van der Waals surface area (Å²) in [5.41, 5.74) is 1.14. The molecule has 5 nitrogen and oxygen atoms in total. The summed E-state index contributed by atoms with van der Waals surface area (Å²) < 4.78 is 53.3. The molecule has 0 atom stereocenters. The van der Waals surface area contributed by atoms with E-state index in [0.29, 0.717) is 10.9 Å². The lowest BCUT2D eigenvalue weighted by Crippen LogP contribution is -2.50. The van der Waals surface area contributed by atoms with Crippen LogP contribution in [0, 0.1) is 18.6 Å². The molecule has 1 fully saturated rings. The number of nitrogens with zero attached hydrogens (tertiary/aromatic N) is 2. The molecular weight excluding hydrogens is 394 g/mol. The van der Waals surface area contributed by atoms with Crippen LogP contribution in [0.15, 0.2) is 29.2 Å². The molecule has 9 heteroatoms. The quantitative estimate of drug-likeness (QED) is 0.773. The number of thiophene rings is 1. The van der Waals surface area contributed by atoms with Gasteiger partial charge in [-0.25, -0.2) is 17.2 Å². The second kappa shape index (κ2) is 7.65. The van der Waals surface area contributed by atoms with Crippen LogP contribution >= 0.6 is 11.3 Å². The average molecular weight is 414 g/mol. The van der Waals surface area contributed by atoms with Crippen molar-refractivity contribution in [2.24, 2.45) is 0 Å². The number of halogens is 2. The summed E-state index contributed by atoms with van der Waals surface area (Å²) >= 11 is 1.44. The third kappa shape index (κ3) is 3.90. The standard InChI is InChI=1S/C18H20F2N2O3S2/c1-3-13-10-16(26-12(13)2)18(23)21-6-8-22(9-7-21)27(24,25)17-5-4-14(19)11-15(17)20/h4-5,10-11H,3,6-9H2,1-2H3. The summed E-state index contributed by atoms with van der Waals surface area (Å²) in [4.78, 5) is 15.5. The van der Waals surface area contributed by atoms with Crippen molar-refractivity contribution in [1.29, 1.82) is 0 Å². The fourth-order valence-corrected chi connectivity index (χ4v) is 5.64. The van der Waals surface area contributed by atoms with Crippen molar-refractivity contribution in [2.45, 2.75) is 25.2 Å². The Morgan fingerprint density at radius 3 is 2.37 bits per heavy atom. The summed E-state index contributed by atoms with van der Waals surface area (Å²) in [6.07, 6.45) is 0.852. The molecule has 1 aromatic heterocycles. The lowest BCUT2D eigenvalue weighted by atomic mass is 10.2. The maximum atomic E-state index is 13.9. The molecule has 0 bridgehead atoms. The third-order valence-corrected chi connectivity index (χ3v) is 7.66. The topological polar surface area (TPSA) is 57.7 Å². The van der Waals surface area contributed by atoms with Gasteiger partial charge in [0, 0.05) is 37.1 Å². The summed E-state index contributed by atoms with van der Waals surface area (Å²) in [6, 6.07) is 4.29. The predicted octanol–water partition coefficient (Wildman–Crippen LogP) is 3.04. The zero-order chi connectivity index (χ0) is 19.8. The highest BCUT2D eigenvalue weighted by Crippen LogP contribution is 2.25. The highest BCUT2D eigenvalue weighted by molar-refractivity contribution is 7.89. The number of rotatable bonds is 4. The van der Waals surface area contributed by atoms with Gasteiger partial charge in [0.15, 0.2) is 0 Å². The number of aryl methyl sites for hydroxylation is 2. The van der Waals surface area contributed by atoms with E-state index in [1.807, 2.05) is 19.9 Å². The SMILES string of the molecule is CCc1cc(C(=O)N2CCN(S(=O)(=O)c3ccc(F)cc3F)CC2)sc1C. The maximum absolute atomic E-state index is 13.9. The molecule has 1 aliphatic heterocycles. The molecule has 0 radical (unpaired) electrons. The van der Waals surface area contributed by atoms with Gasteiger partial charge in [-0.05, 0) is 37.1 Å². The van der Waals surface area contributed by atoms with Crippen molar-refractivity contribution >= 4 is 27.3 Å². The summed E-state index contributed by atoms with van der Waals surface area (Å²) in [6.45, 7) is 4.58. The van der Waals surface area contributed by atoms with Crippen LogP contribution < -0.4 is 0 Å². The van der Waals surface area contributed by atoms with E-state index in [-0.39, 0.29) is 32.1 Å². The summed E-state index contributed by atoms with van der Waals surface area (Å²) in [7, 11) is -4.07. The zero-order valence-electron chi connectivity index (χ0n) is 15.0. The van der Waals surface area contributed by atoms with Gasteiger partial charge >= 0.3 is 0 Å². The van der Waals surface area contributed by atoms with Crippen LogP contribution in [0.1, 0.15) is 27.0 Å². The van der Waals surface area contributed by atoms with E-state index in [0.717, 1.165) is 33.3 Å². The van der Waals surface area contributed by atoms with Crippen LogP contribution in [-0.4, -0.2) is 49.7 Å². The van der Waals surface area contributed by atoms with Crippen LogP contribution in [0.4, 0.5) is 8.78 Å². The van der Waals surface area contributed by atoms with Gasteiger partial charge in [0.1, 0.15) is 16.5 Å². The normalized spacial score (nSPS) is 15.9. The van der Waals surface area contributed by atoms with E-state index >= 15 is 0 Å². The smallest absolute Gasteiger partial charge is 0.264 e. The van der Waals surface area contributed by atoms with Crippen molar-refractivity contribution in [1.82, 2.24) is 9.21 Å². The van der Waals surface area contributed by atoms with Crippen LogP contribution in [0.3, 0.4) is 0 Å². The number of hydrogen-bond acceptors (Lipinski definition) is 4. The maximum Gasteiger partial charge on any atom is 0.264 e. The molecule has 0 aliphatic carbocycles. The monoisotopic (exact) mass is 414 g/mol. The van der Waals surface area contributed by atoms with Gasteiger partial charge in [-0.1, -0.05) is 6.92 Å². The molecule has 0 N–H and O–H groups in total. The van der Waals surface area contributed by atoms with E-state index in [4.69, 9.17) is 0 Å². The number of amides is 1. The Morgan fingerprint density at radius 2 is 1.81 bits per heavy atom. The summed E-state index contributed by atoms with van der Waals surface area (Å²) in [5.74, 6) is -2.07. The van der Waals surface area contributed by atoms with E-state index in [9.17, 15) is 22.0 Å². The number of piperazine rings is 1. The zero-order valence-corrected chi connectivity index (χ0v) is 16.7. The Kier molecular flexibility index (Phi) is 5.64. The first-order valence-corrected chi connectivity index (χ1v) is 10.8. The fraction of sp³-hybridized carbons (Fsp3) is 0.389. The average Bonchev–Trinajstić information content (AvgIpc) is 3.01. The largest absolute Gasteiger partial charge is 0.335 e. The minimum Gasteiger partial charge on any atom is -0.335 e. The Balaban J connectivity index is 1.71.